The van der Waals surface area contributed by atoms with E-state index in [-0.39, 0.29) is 23.3 Å². The van der Waals surface area contributed by atoms with Gasteiger partial charge in [0.05, 0.1) is 16.7 Å². The van der Waals surface area contributed by atoms with Crippen molar-refractivity contribution in [3.63, 3.8) is 0 Å². The minimum atomic E-state index is -4.45. The maximum atomic E-state index is 14.2. The molecule has 0 spiro atoms. The number of hydrogen-bond donors (Lipinski definition) is 2. The van der Waals surface area contributed by atoms with Gasteiger partial charge in [-0.2, -0.15) is 13.2 Å². The van der Waals surface area contributed by atoms with Crippen LogP contribution in [-0.4, -0.2) is 42.0 Å². The number of ketones is 1. The van der Waals surface area contributed by atoms with Gasteiger partial charge in [0.2, 0.25) is 0 Å². The molecule has 0 amide bonds. The number of aliphatic hydroxyl groups is 1. The normalized spacial score (nSPS) is 16.7. The van der Waals surface area contributed by atoms with Gasteiger partial charge in [-0.25, -0.2) is 4.39 Å². The maximum absolute atomic E-state index is 14.2. The number of anilines is 1. The fraction of sp³-hybridized carbons (Fsp3) is 0.458. The molecule has 0 aromatic heterocycles. The van der Waals surface area contributed by atoms with Gasteiger partial charge < -0.3 is 15.3 Å². The Labute approximate surface area is 185 Å². The highest BCUT2D eigenvalue weighted by atomic mass is 19.4. The summed E-state index contributed by atoms with van der Waals surface area (Å²) in [6.45, 7) is 4.17. The van der Waals surface area contributed by atoms with Gasteiger partial charge in [0.25, 0.3) is 0 Å². The van der Waals surface area contributed by atoms with Gasteiger partial charge in [-0.05, 0) is 68.6 Å². The van der Waals surface area contributed by atoms with Crippen molar-refractivity contribution in [2.75, 3.05) is 31.5 Å². The minimum absolute atomic E-state index is 0.0734. The highest BCUT2D eigenvalue weighted by molar-refractivity contribution is 5.96. The lowest BCUT2D eigenvalue weighted by Gasteiger charge is -2.38. The number of alkyl halides is 3. The lowest BCUT2D eigenvalue weighted by molar-refractivity contribution is -0.137. The van der Waals surface area contributed by atoms with Gasteiger partial charge in [-0.15, -0.1) is 0 Å². The molecule has 32 heavy (non-hydrogen) atoms. The molecule has 1 heterocycles. The lowest BCUT2D eigenvalue weighted by atomic mass is 9.83. The summed E-state index contributed by atoms with van der Waals surface area (Å²) in [4.78, 5) is 14.4. The quantitative estimate of drug-likeness (QED) is 0.426. The molecule has 0 radical (unpaired) electrons. The monoisotopic (exact) mass is 452 g/mol. The van der Waals surface area contributed by atoms with E-state index in [2.05, 4.69) is 10.2 Å². The third-order valence-electron chi connectivity index (χ3n) is 5.94. The molecule has 0 aliphatic carbocycles. The number of Topliss-reactive ketones (excluding diaryl/α,β-unsaturated/α-hetero) is 1. The van der Waals surface area contributed by atoms with Gasteiger partial charge in [0.15, 0.2) is 5.78 Å². The van der Waals surface area contributed by atoms with Crippen molar-refractivity contribution in [1.82, 2.24) is 4.90 Å². The first-order valence-corrected chi connectivity index (χ1v) is 10.8. The van der Waals surface area contributed by atoms with Crippen LogP contribution < -0.4 is 5.32 Å². The van der Waals surface area contributed by atoms with Gasteiger partial charge in [-0.1, -0.05) is 12.1 Å². The lowest BCUT2D eigenvalue weighted by Crippen LogP contribution is -2.43. The summed E-state index contributed by atoms with van der Waals surface area (Å²) >= 11 is 0. The Morgan fingerprint density at radius 3 is 2.50 bits per heavy atom. The minimum Gasteiger partial charge on any atom is -0.385 e. The first kappa shape index (κ1) is 24.2. The molecule has 3 rings (SSSR count). The average molecular weight is 452 g/mol. The summed E-state index contributed by atoms with van der Waals surface area (Å²) in [5.74, 6) is -0.805. The van der Waals surface area contributed by atoms with Crippen molar-refractivity contribution in [2.45, 2.75) is 44.4 Å². The van der Waals surface area contributed by atoms with Crippen LogP contribution in [0.1, 0.15) is 54.1 Å². The number of piperidine rings is 1. The van der Waals surface area contributed by atoms with Crippen molar-refractivity contribution >= 4 is 11.5 Å². The topological polar surface area (TPSA) is 52.6 Å². The number of carbonyl (C=O) groups is 1. The van der Waals surface area contributed by atoms with Gasteiger partial charge in [0.1, 0.15) is 5.82 Å². The van der Waals surface area contributed by atoms with Crippen molar-refractivity contribution in [3.05, 3.63) is 65.0 Å². The Balaban J connectivity index is 1.50. The molecule has 0 bridgehead atoms. The van der Waals surface area contributed by atoms with E-state index in [9.17, 15) is 27.5 Å². The highest BCUT2D eigenvalue weighted by Crippen LogP contribution is 2.36. The molecule has 174 valence electrons. The van der Waals surface area contributed by atoms with Gasteiger partial charge >= 0.3 is 6.18 Å². The van der Waals surface area contributed by atoms with Crippen LogP contribution in [0.4, 0.5) is 23.2 Å². The number of rotatable bonds is 8. The highest BCUT2D eigenvalue weighted by Gasteiger charge is 2.37. The third-order valence-corrected chi connectivity index (χ3v) is 5.94. The smallest absolute Gasteiger partial charge is 0.385 e. The predicted molar refractivity (Wildman–Crippen MR) is 115 cm³/mol. The number of benzene rings is 2. The molecule has 4 nitrogen and oxygen atoms in total. The zero-order valence-corrected chi connectivity index (χ0v) is 18.0. The molecule has 0 atom stereocenters. The zero-order chi connectivity index (χ0) is 23.4. The van der Waals surface area contributed by atoms with Crippen molar-refractivity contribution in [3.8, 4) is 0 Å². The second kappa shape index (κ2) is 10.0. The number of nitrogens with zero attached hydrogens (tertiary/aromatic N) is 1. The molecular weight excluding hydrogens is 424 g/mol. The molecule has 0 unspecified atom stereocenters. The first-order valence-electron chi connectivity index (χ1n) is 10.8. The van der Waals surface area contributed by atoms with E-state index in [1.165, 1.54) is 24.3 Å². The standard InChI is InChI=1S/C24H28F4N2O2/c1-2-29-19-8-9-20(21(25)16-19)22(31)7-4-12-30-13-10-23(32,11-14-30)17-5-3-6-18(15-17)24(26,27)28/h3,5-6,8-9,15-16,29,32H,2,4,7,10-14H2,1H3. The maximum Gasteiger partial charge on any atom is 0.416 e. The Bertz CT molecular complexity index is 938. The summed E-state index contributed by atoms with van der Waals surface area (Å²) < 4.78 is 53.1. The number of likely N-dealkylation sites (tertiary alicyclic amines) is 1. The Kier molecular flexibility index (Phi) is 7.56. The molecular formula is C24H28F4N2O2. The van der Waals surface area contributed by atoms with Crippen LogP contribution in [0.15, 0.2) is 42.5 Å². The first-order chi connectivity index (χ1) is 15.1. The van der Waals surface area contributed by atoms with Crippen LogP contribution in [0.5, 0.6) is 0 Å². The van der Waals surface area contributed by atoms with E-state index >= 15 is 0 Å². The zero-order valence-electron chi connectivity index (χ0n) is 18.0. The van der Waals surface area contributed by atoms with Crippen LogP contribution in [0.3, 0.4) is 0 Å². The fourth-order valence-corrected chi connectivity index (χ4v) is 4.07. The van der Waals surface area contributed by atoms with E-state index in [0.717, 1.165) is 12.1 Å². The molecule has 8 heteroatoms. The fourth-order valence-electron chi connectivity index (χ4n) is 4.07. The second-order valence-electron chi connectivity index (χ2n) is 8.20. The van der Waals surface area contributed by atoms with E-state index in [1.807, 2.05) is 6.92 Å². The van der Waals surface area contributed by atoms with E-state index in [4.69, 9.17) is 0 Å². The predicted octanol–water partition coefficient (Wildman–Crippen LogP) is 5.22. The second-order valence-corrected chi connectivity index (χ2v) is 8.20. The van der Waals surface area contributed by atoms with Crippen LogP contribution in [-0.2, 0) is 11.8 Å². The van der Waals surface area contributed by atoms with Gasteiger partial charge in [-0.3, -0.25) is 4.79 Å². The van der Waals surface area contributed by atoms with Gasteiger partial charge in [0, 0.05) is 31.7 Å². The van der Waals surface area contributed by atoms with Crippen molar-refractivity contribution < 1.29 is 27.5 Å². The summed E-state index contributed by atoms with van der Waals surface area (Å²) in [7, 11) is 0. The molecule has 2 aromatic carbocycles. The largest absolute Gasteiger partial charge is 0.416 e. The van der Waals surface area contributed by atoms with Crippen LogP contribution in [0.25, 0.3) is 0 Å². The number of nitrogens with one attached hydrogen (secondary N) is 1. The third kappa shape index (κ3) is 5.86. The van der Waals surface area contributed by atoms with E-state index < -0.39 is 23.2 Å². The molecule has 2 aromatic rings. The van der Waals surface area contributed by atoms with Crippen molar-refractivity contribution in [1.29, 1.82) is 0 Å². The molecule has 0 saturated carbocycles. The number of hydrogen-bond acceptors (Lipinski definition) is 4. The van der Waals surface area contributed by atoms with Crippen molar-refractivity contribution in [2.24, 2.45) is 0 Å². The molecule has 1 saturated heterocycles. The summed E-state index contributed by atoms with van der Waals surface area (Å²) in [5, 5.41) is 13.9. The van der Waals surface area contributed by atoms with Crippen LogP contribution in [0, 0.1) is 5.82 Å². The summed E-state index contributed by atoms with van der Waals surface area (Å²) in [5.41, 5.74) is -1.09. The molecule has 1 aliphatic rings. The Morgan fingerprint density at radius 1 is 1.16 bits per heavy atom. The average Bonchev–Trinajstić information content (AvgIpc) is 2.75. The summed E-state index contributed by atoms with van der Waals surface area (Å²) in [6, 6.07) is 9.35. The van der Waals surface area contributed by atoms with E-state index in [0.29, 0.717) is 51.1 Å². The number of carbonyl (C=O) groups excluding carboxylic acids is 1. The van der Waals surface area contributed by atoms with E-state index in [1.54, 1.807) is 6.07 Å². The van der Waals surface area contributed by atoms with Crippen LogP contribution in [0.2, 0.25) is 0 Å². The van der Waals surface area contributed by atoms with Crippen LogP contribution >= 0.6 is 0 Å². The molecule has 1 fully saturated rings. The Hall–Kier alpha value is -2.45. The summed E-state index contributed by atoms with van der Waals surface area (Å²) in [6.07, 6.45) is -3.10. The SMILES string of the molecule is CCNc1ccc(C(=O)CCCN2CCC(O)(c3cccc(C(F)(F)F)c3)CC2)c(F)c1. The number of halogens is 4. The molecule has 1 aliphatic heterocycles. The molecule has 2 N–H and O–H groups in total. The Morgan fingerprint density at radius 2 is 1.88 bits per heavy atom.